The minimum atomic E-state index is -2.79. The first-order chi connectivity index (χ1) is 15.9. The molecule has 1 unspecified atom stereocenters. The molecule has 2 aliphatic rings. The van der Waals surface area contributed by atoms with Crippen molar-refractivity contribution in [2.24, 2.45) is 7.05 Å². The summed E-state index contributed by atoms with van der Waals surface area (Å²) in [5, 5.41) is 11.5. The van der Waals surface area contributed by atoms with Crippen LogP contribution in [-0.4, -0.2) is 57.4 Å². The van der Waals surface area contributed by atoms with Gasteiger partial charge in [-0.15, -0.1) is 0 Å². The highest BCUT2D eigenvalue weighted by molar-refractivity contribution is 5.92. The number of hydrogen-bond acceptors (Lipinski definition) is 6. The Balaban J connectivity index is 1.19. The van der Waals surface area contributed by atoms with Gasteiger partial charge in [0.15, 0.2) is 5.69 Å². The van der Waals surface area contributed by atoms with E-state index >= 15 is 0 Å². The molecule has 0 spiro atoms. The SMILES string of the molecule is Cn1cc(-c2ccc3c(c2)C[C@@H](NC(=O)c2cc4n(n2)CC(CCOC(F)F)O4)CO3)cn1. The highest BCUT2D eigenvalue weighted by atomic mass is 19.3. The molecule has 33 heavy (non-hydrogen) atoms. The second-order valence-electron chi connectivity index (χ2n) is 8.12. The summed E-state index contributed by atoms with van der Waals surface area (Å²) in [7, 11) is 1.87. The van der Waals surface area contributed by atoms with E-state index in [0.717, 1.165) is 22.4 Å². The van der Waals surface area contributed by atoms with Crippen LogP contribution < -0.4 is 14.8 Å². The number of aromatic nitrogens is 4. The summed E-state index contributed by atoms with van der Waals surface area (Å²) in [4.78, 5) is 12.7. The Morgan fingerprint density at radius 3 is 2.97 bits per heavy atom. The fraction of sp³-hybridized carbons (Fsp3) is 0.409. The van der Waals surface area contributed by atoms with Crippen molar-refractivity contribution in [3.8, 4) is 22.8 Å². The van der Waals surface area contributed by atoms with Gasteiger partial charge in [0.25, 0.3) is 5.91 Å². The number of rotatable bonds is 7. The maximum absolute atomic E-state index is 12.7. The number of ether oxygens (including phenoxy) is 3. The average Bonchev–Trinajstić information content (AvgIpc) is 3.48. The van der Waals surface area contributed by atoms with E-state index in [1.165, 1.54) is 0 Å². The molecule has 1 N–H and O–H groups in total. The molecule has 174 valence electrons. The zero-order valence-electron chi connectivity index (χ0n) is 17.9. The minimum absolute atomic E-state index is 0.105. The van der Waals surface area contributed by atoms with Crippen LogP contribution in [0.1, 0.15) is 22.5 Å². The van der Waals surface area contributed by atoms with Crippen LogP contribution in [0.15, 0.2) is 36.7 Å². The summed E-state index contributed by atoms with van der Waals surface area (Å²) >= 11 is 0. The maximum atomic E-state index is 12.7. The Hall–Kier alpha value is -3.47. The van der Waals surface area contributed by atoms with Crippen molar-refractivity contribution in [1.82, 2.24) is 24.9 Å². The lowest BCUT2D eigenvalue weighted by Gasteiger charge is -2.26. The Morgan fingerprint density at radius 1 is 1.33 bits per heavy atom. The lowest BCUT2D eigenvalue weighted by atomic mass is 9.98. The number of aryl methyl sites for hydroxylation is 1. The second kappa shape index (κ2) is 8.81. The molecule has 0 radical (unpaired) electrons. The summed E-state index contributed by atoms with van der Waals surface area (Å²) in [6.45, 7) is -2.16. The third kappa shape index (κ3) is 4.68. The number of amides is 1. The van der Waals surface area contributed by atoms with E-state index < -0.39 is 6.61 Å². The molecule has 9 nitrogen and oxygen atoms in total. The van der Waals surface area contributed by atoms with Crippen LogP contribution in [0.3, 0.4) is 0 Å². The van der Waals surface area contributed by atoms with E-state index in [1.54, 1.807) is 21.6 Å². The van der Waals surface area contributed by atoms with Crippen molar-refractivity contribution in [3.63, 3.8) is 0 Å². The number of nitrogens with one attached hydrogen (secondary N) is 1. The van der Waals surface area contributed by atoms with E-state index in [9.17, 15) is 13.6 Å². The highest BCUT2D eigenvalue weighted by Gasteiger charge is 2.28. The van der Waals surface area contributed by atoms with Crippen molar-refractivity contribution in [1.29, 1.82) is 0 Å². The van der Waals surface area contributed by atoms with Crippen LogP contribution in [0.5, 0.6) is 11.6 Å². The van der Waals surface area contributed by atoms with E-state index in [4.69, 9.17) is 9.47 Å². The summed E-state index contributed by atoms with van der Waals surface area (Å²) in [6.07, 6.45) is 4.39. The van der Waals surface area contributed by atoms with Gasteiger partial charge in [-0.1, -0.05) is 6.07 Å². The Morgan fingerprint density at radius 2 is 2.21 bits per heavy atom. The number of hydrogen-bond donors (Lipinski definition) is 1. The highest BCUT2D eigenvalue weighted by Crippen LogP contribution is 2.30. The first-order valence-electron chi connectivity index (χ1n) is 10.6. The molecular weight excluding hydrogens is 436 g/mol. The Bertz CT molecular complexity index is 1140. The molecular formula is C22H23F2N5O4. The van der Waals surface area contributed by atoms with Crippen molar-refractivity contribution >= 4 is 5.91 Å². The van der Waals surface area contributed by atoms with Gasteiger partial charge in [-0.05, 0) is 29.7 Å². The van der Waals surface area contributed by atoms with Crippen LogP contribution in [0.2, 0.25) is 0 Å². The number of alkyl halides is 2. The topological polar surface area (TPSA) is 92.4 Å². The molecule has 2 atom stereocenters. The van der Waals surface area contributed by atoms with Crippen LogP contribution in [-0.2, 0) is 24.8 Å². The van der Waals surface area contributed by atoms with Gasteiger partial charge in [0.1, 0.15) is 18.5 Å². The molecule has 1 aromatic carbocycles. The number of carbonyl (C=O) groups is 1. The molecule has 0 aliphatic carbocycles. The molecule has 4 heterocycles. The summed E-state index contributed by atoms with van der Waals surface area (Å²) in [5.41, 5.74) is 3.30. The smallest absolute Gasteiger partial charge is 0.345 e. The normalized spacial score (nSPS) is 19.0. The maximum Gasteiger partial charge on any atom is 0.345 e. The van der Waals surface area contributed by atoms with Gasteiger partial charge in [-0.2, -0.15) is 19.0 Å². The predicted molar refractivity (Wildman–Crippen MR) is 112 cm³/mol. The van der Waals surface area contributed by atoms with Gasteiger partial charge >= 0.3 is 6.61 Å². The zero-order chi connectivity index (χ0) is 22.9. The van der Waals surface area contributed by atoms with E-state index in [1.807, 2.05) is 25.4 Å². The van der Waals surface area contributed by atoms with Crippen LogP contribution >= 0.6 is 0 Å². The summed E-state index contributed by atoms with van der Waals surface area (Å²) in [5.74, 6) is 0.927. The molecule has 0 saturated carbocycles. The molecule has 0 fully saturated rings. The van der Waals surface area contributed by atoms with Gasteiger partial charge in [-0.25, -0.2) is 4.68 Å². The minimum Gasteiger partial charge on any atom is -0.491 e. The number of nitrogens with zero attached hydrogens (tertiary/aromatic N) is 4. The number of halogens is 2. The fourth-order valence-electron chi connectivity index (χ4n) is 4.07. The van der Waals surface area contributed by atoms with Gasteiger partial charge in [0, 0.05) is 31.3 Å². The van der Waals surface area contributed by atoms with Gasteiger partial charge in [0.05, 0.1) is 25.4 Å². The predicted octanol–water partition coefficient (Wildman–Crippen LogP) is 2.41. The zero-order valence-corrected chi connectivity index (χ0v) is 17.9. The summed E-state index contributed by atoms with van der Waals surface area (Å²) < 4.78 is 43.3. The van der Waals surface area contributed by atoms with E-state index in [2.05, 4.69) is 26.3 Å². The molecule has 1 amide bonds. The van der Waals surface area contributed by atoms with Gasteiger partial charge < -0.3 is 19.5 Å². The van der Waals surface area contributed by atoms with Crippen LogP contribution in [0.4, 0.5) is 8.78 Å². The average molecular weight is 459 g/mol. The number of fused-ring (bicyclic) bond motifs is 2. The first kappa shape index (κ1) is 21.4. The van der Waals surface area contributed by atoms with Gasteiger partial charge in [-0.3, -0.25) is 9.48 Å². The molecule has 0 bridgehead atoms. The third-order valence-electron chi connectivity index (χ3n) is 5.66. The second-order valence-corrected chi connectivity index (χ2v) is 8.12. The number of carbonyl (C=O) groups excluding carboxylic acids is 1. The van der Waals surface area contributed by atoms with Crippen LogP contribution in [0, 0.1) is 0 Å². The lowest BCUT2D eigenvalue weighted by Crippen LogP contribution is -2.43. The fourth-order valence-corrected chi connectivity index (χ4v) is 4.07. The summed E-state index contributed by atoms with van der Waals surface area (Å²) in [6, 6.07) is 7.35. The molecule has 11 heteroatoms. The van der Waals surface area contributed by atoms with Crippen LogP contribution in [0.25, 0.3) is 11.1 Å². The number of benzene rings is 1. The Labute approximate surface area is 188 Å². The Kier molecular flexibility index (Phi) is 5.71. The van der Waals surface area contributed by atoms with E-state index in [0.29, 0.717) is 31.9 Å². The van der Waals surface area contributed by atoms with Crippen molar-refractivity contribution in [2.45, 2.75) is 38.1 Å². The molecule has 0 saturated heterocycles. The van der Waals surface area contributed by atoms with Crippen molar-refractivity contribution in [3.05, 3.63) is 47.9 Å². The quantitative estimate of drug-likeness (QED) is 0.584. The molecule has 5 rings (SSSR count). The van der Waals surface area contributed by atoms with Crippen molar-refractivity contribution in [2.75, 3.05) is 13.2 Å². The van der Waals surface area contributed by atoms with E-state index in [-0.39, 0.29) is 30.4 Å². The molecule has 2 aromatic heterocycles. The first-order valence-corrected chi connectivity index (χ1v) is 10.6. The molecule has 2 aliphatic heterocycles. The largest absolute Gasteiger partial charge is 0.491 e. The lowest BCUT2D eigenvalue weighted by molar-refractivity contribution is -0.132. The van der Waals surface area contributed by atoms with Gasteiger partial charge in [0.2, 0.25) is 5.88 Å². The monoisotopic (exact) mass is 459 g/mol. The standard InChI is InChI=1S/C22H23F2N5O4/c1-28-10-15(9-25-28)13-2-3-19-14(6-13)7-16(12-32-19)26-21(30)18-8-20-29(27-18)11-17(33-20)4-5-31-22(23)24/h2-3,6,8-10,16-17,22H,4-5,7,11-12H2,1H3,(H,26,30)/t16-,17?/m1/s1. The van der Waals surface area contributed by atoms with Crippen molar-refractivity contribution < 1.29 is 27.8 Å². The third-order valence-corrected chi connectivity index (χ3v) is 5.66. The molecule has 3 aromatic rings.